The lowest BCUT2D eigenvalue weighted by Crippen LogP contribution is -2.17. The first kappa shape index (κ1) is 23.4. The minimum Gasteiger partial charge on any atom is -0.478 e. The van der Waals surface area contributed by atoms with Crippen LogP contribution in [0.25, 0.3) is 21.9 Å². The van der Waals surface area contributed by atoms with E-state index < -0.39 is 27.4 Å². The first-order valence-electron chi connectivity index (χ1n) is 10.7. The van der Waals surface area contributed by atoms with Crippen molar-refractivity contribution in [3.8, 4) is 11.1 Å². The average molecular weight is 478 g/mol. The fraction of sp³-hybridized carbons (Fsp3) is 0.148. The number of hydrogen-bond donors (Lipinski definition) is 2. The molecule has 34 heavy (non-hydrogen) atoms. The second kappa shape index (κ2) is 8.57. The Kier molecular flexibility index (Phi) is 5.91. The first-order chi connectivity index (χ1) is 16.0. The molecule has 0 aliphatic heterocycles. The Bertz CT molecular complexity index is 1550. The van der Waals surface area contributed by atoms with Gasteiger partial charge in [-0.25, -0.2) is 17.6 Å². The molecule has 0 radical (unpaired) electrons. The van der Waals surface area contributed by atoms with Crippen LogP contribution in [0.15, 0.2) is 65.6 Å². The van der Waals surface area contributed by atoms with E-state index in [0.717, 1.165) is 17.2 Å². The standard InChI is InChI=1S/C27H24FNO4S/c1-15-13-16(2)18(4)26(17(15)3)34(32,33)29-25-12-10-20(21-7-5-6-8-22(21)25)19-9-11-24(28)23(14-19)27(30)31/h5-14,29H,1-4H3,(H,30,31). The maximum atomic E-state index is 13.9. The van der Waals surface area contributed by atoms with Crippen LogP contribution in [0.5, 0.6) is 0 Å². The van der Waals surface area contributed by atoms with Crippen LogP contribution in [0.1, 0.15) is 32.6 Å². The number of nitrogens with one attached hydrogen (secondary N) is 1. The van der Waals surface area contributed by atoms with E-state index in [-0.39, 0.29) is 4.90 Å². The fourth-order valence-electron chi connectivity index (χ4n) is 4.28. The van der Waals surface area contributed by atoms with Crippen LogP contribution in [0.2, 0.25) is 0 Å². The molecule has 174 valence electrons. The monoisotopic (exact) mass is 477 g/mol. The molecule has 2 N–H and O–H groups in total. The maximum absolute atomic E-state index is 13.9. The van der Waals surface area contributed by atoms with Crippen LogP contribution >= 0.6 is 0 Å². The van der Waals surface area contributed by atoms with Gasteiger partial charge in [0.1, 0.15) is 5.82 Å². The summed E-state index contributed by atoms with van der Waals surface area (Å²) in [6.07, 6.45) is 0. The van der Waals surface area contributed by atoms with Crippen LogP contribution in [0.3, 0.4) is 0 Å². The summed E-state index contributed by atoms with van der Waals surface area (Å²) < 4.78 is 43.6. The SMILES string of the molecule is Cc1cc(C)c(C)c(S(=O)(=O)Nc2ccc(-c3ccc(F)c(C(=O)O)c3)c3ccccc23)c1C. The van der Waals surface area contributed by atoms with E-state index in [9.17, 15) is 22.7 Å². The third kappa shape index (κ3) is 4.03. The van der Waals surface area contributed by atoms with Gasteiger partial charge in [-0.15, -0.1) is 0 Å². The van der Waals surface area contributed by atoms with Gasteiger partial charge in [-0.3, -0.25) is 4.72 Å². The van der Waals surface area contributed by atoms with Crippen LogP contribution in [-0.2, 0) is 10.0 Å². The highest BCUT2D eigenvalue weighted by Gasteiger charge is 2.23. The second-order valence-corrected chi connectivity index (χ2v) is 10.0. The Balaban J connectivity index is 1.87. The number of benzene rings is 4. The second-order valence-electron chi connectivity index (χ2n) is 8.40. The van der Waals surface area contributed by atoms with E-state index in [1.807, 2.05) is 32.0 Å². The summed E-state index contributed by atoms with van der Waals surface area (Å²) in [5.41, 5.74) is 4.35. The van der Waals surface area contributed by atoms with Crippen molar-refractivity contribution in [3.05, 3.63) is 94.3 Å². The molecule has 0 aliphatic carbocycles. The van der Waals surface area contributed by atoms with Gasteiger partial charge in [-0.1, -0.05) is 42.5 Å². The van der Waals surface area contributed by atoms with Gasteiger partial charge in [-0.2, -0.15) is 0 Å². The Hall–Kier alpha value is -3.71. The molecule has 4 aromatic carbocycles. The summed E-state index contributed by atoms with van der Waals surface area (Å²) in [6, 6.07) is 16.5. The zero-order chi connectivity index (χ0) is 24.8. The summed E-state index contributed by atoms with van der Waals surface area (Å²) in [7, 11) is -3.89. The average Bonchev–Trinajstić information content (AvgIpc) is 2.78. The predicted octanol–water partition coefficient (Wildman–Crippen LogP) is 6.38. The normalized spacial score (nSPS) is 11.6. The van der Waals surface area contributed by atoms with Gasteiger partial charge in [-0.05, 0) is 84.7 Å². The van der Waals surface area contributed by atoms with Gasteiger partial charge >= 0.3 is 5.97 Å². The van der Waals surface area contributed by atoms with E-state index in [2.05, 4.69) is 4.72 Å². The van der Waals surface area contributed by atoms with Crippen molar-refractivity contribution in [2.75, 3.05) is 4.72 Å². The highest BCUT2D eigenvalue weighted by Crippen LogP contribution is 2.36. The van der Waals surface area contributed by atoms with Crippen LogP contribution in [0, 0.1) is 33.5 Å². The van der Waals surface area contributed by atoms with Gasteiger partial charge in [0.2, 0.25) is 0 Å². The van der Waals surface area contributed by atoms with Gasteiger partial charge in [0.25, 0.3) is 10.0 Å². The van der Waals surface area contributed by atoms with E-state index in [4.69, 9.17) is 0 Å². The molecular formula is C27H24FNO4S. The van der Waals surface area contributed by atoms with Crippen LogP contribution < -0.4 is 4.72 Å². The summed E-state index contributed by atoms with van der Waals surface area (Å²) in [5, 5.41) is 10.6. The minimum atomic E-state index is -3.89. The molecule has 0 fully saturated rings. The lowest BCUT2D eigenvalue weighted by atomic mass is 9.96. The third-order valence-corrected chi connectivity index (χ3v) is 7.88. The van der Waals surface area contributed by atoms with E-state index in [1.165, 1.54) is 12.1 Å². The molecule has 0 bridgehead atoms. The first-order valence-corrected chi connectivity index (χ1v) is 12.1. The van der Waals surface area contributed by atoms with Crippen molar-refractivity contribution in [1.82, 2.24) is 0 Å². The molecule has 0 unspecified atom stereocenters. The number of carboxylic acids is 1. The van der Waals surface area contributed by atoms with Gasteiger partial charge in [0, 0.05) is 5.39 Å². The zero-order valence-electron chi connectivity index (χ0n) is 19.2. The number of sulfonamides is 1. The summed E-state index contributed by atoms with van der Waals surface area (Å²) in [5.74, 6) is -2.17. The number of hydrogen-bond acceptors (Lipinski definition) is 3. The smallest absolute Gasteiger partial charge is 0.338 e. The topological polar surface area (TPSA) is 83.5 Å². The minimum absolute atomic E-state index is 0.266. The molecule has 4 rings (SSSR count). The fourth-order valence-corrected chi connectivity index (χ4v) is 5.97. The highest BCUT2D eigenvalue weighted by molar-refractivity contribution is 7.92. The Morgan fingerprint density at radius 2 is 1.47 bits per heavy atom. The molecule has 0 aromatic heterocycles. The van der Waals surface area contributed by atoms with Gasteiger partial charge in [0.05, 0.1) is 16.1 Å². The molecule has 0 saturated heterocycles. The number of carbonyl (C=O) groups is 1. The zero-order valence-corrected chi connectivity index (χ0v) is 20.0. The Labute approximate surface area is 197 Å². The number of fused-ring (bicyclic) bond motifs is 1. The van der Waals surface area contributed by atoms with Crippen LogP contribution in [0.4, 0.5) is 10.1 Å². The molecule has 0 saturated carbocycles. The number of rotatable bonds is 5. The quantitative estimate of drug-likeness (QED) is 0.349. The van der Waals surface area contributed by atoms with E-state index in [1.54, 1.807) is 38.1 Å². The van der Waals surface area contributed by atoms with Crippen molar-refractivity contribution in [2.45, 2.75) is 32.6 Å². The third-order valence-electron chi connectivity index (χ3n) is 6.24. The van der Waals surface area contributed by atoms with Crippen molar-refractivity contribution in [2.24, 2.45) is 0 Å². The predicted molar refractivity (Wildman–Crippen MR) is 132 cm³/mol. The maximum Gasteiger partial charge on any atom is 0.338 e. The number of halogens is 1. The van der Waals surface area contributed by atoms with Crippen molar-refractivity contribution in [1.29, 1.82) is 0 Å². The van der Waals surface area contributed by atoms with Crippen molar-refractivity contribution < 1.29 is 22.7 Å². The van der Waals surface area contributed by atoms with Crippen molar-refractivity contribution >= 4 is 32.5 Å². The van der Waals surface area contributed by atoms with E-state index >= 15 is 0 Å². The van der Waals surface area contributed by atoms with Gasteiger partial charge < -0.3 is 5.11 Å². The number of carboxylic acid groups (broad SMARTS) is 1. The Morgan fingerprint density at radius 1 is 0.853 bits per heavy atom. The molecule has 4 aromatic rings. The van der Waals surface area contributed by atoms with E-state index in [0.29, 0.717) is 38.7 Å². The summed E-state index contributed by atoms with van der Waals surface area (Å²) >= 11 is 0. The van der Waals surface area contributed by atoms with Crippen LogP contribution in [-0.4, -0.2) is 19.5 Å². The molecule has 5 nitrogen and oxygen atoms in total. The molecule has 0 aliphatic rings. The number of anilines is 1. The molecule has 0 atom stereocenters. The van der Waals surface area contributed by atoms with Gasteiger partial charge in [0.15, 0.2) is 0 Å². The Morgan fingerprint density at radius 3 is 2.09 bits per heavy atom. The molecule has 0 amide bonds. The molecule has 7 heteroatoms. The molecule has 0 heterocycles. The number of aromatic carboxylic acids is 1. The lowest BCUT2D eigenvalue weighted by molar-refractivity contribution is 0.0692. The van der Waals surface area contributed by atoms with Crippen molar-refractivity contribution in [3.63, 3.8) is 0 Å². The lowest BCUT2D eigenvalue weighted by Gasteiger charge is -2.18. The summed E-state index contributed by atoms with van der Waals surface area (Å²) in [6.45, 7) is 7.37. The largest absolute Gasteiger partial charge is 0.478 e. The molecule has 0 spiro atoms. The highest BCUT2D eigenvalue weighted by atomic mass is 32.2. The number of aryl methyl sites for hydroxylation is 2. The molecular weight excluding hydrogens is 453 g/mol. The summed E-state index contributed by atoms with van der Waals surface area (Å²) in [4.78, 5) is 11.7.